The molecule has 0 spiro atoms. The highest BCUT2D eigenvalue weighted by Crippen LogP contribution is 2.32. The zero-order chi connectivity index (χ0) is 20.2. The van der Waals surface area contributed by atoms with E-state index < -0.39 is 0 Å². The Balaban J connectivity index is 1.35. The van der Waals surface area contributed by atoms with E-state index >= 15 is 0 Å². The van der Waals surface area contributed by atoms with Crippen molar-refractivity contribution in [1.29, 1.82) is 0 Å². The Morgan fingerprint density at radius 3 is 2.41 bits per heavy atom. The van der Waals surface area contributed by atoms with Crippen LogP contribution in [0.1, 0.15) is 32.1 Å². The number of rotatable bonds is 6. The van der Waals surface area contributed by atoms with E-state index in [4.69, 9.17) is 9.47 Å². The molecule has 2 aromatic carbocycles. The number of amides is 2. The monoisotopic (exact) mass is 394 g/mol. The molecule has 2 aromatic rings. The number of carbonyl (C=O) groups is 2. The first-order chi connectivity index (χ1) is 14.1. The summed E-state index contributed by atoms with van der Waals surface area (Å²) in [6, 6.07) is 15.0. The Morgan fingerprint density at radius 1 is 1.03 bits per heavy atom. The molecule has 0 unspecified atom stereocenters. The molecule has 2 fully saturated rings. The van der Waals surface area contributed by atoms with E-state index in [1.807, 2.05) is 29.2 Å². The minimum Gasteiger partial charge on any atom is -0.493 e. The number of methoxy groups -OCH3 is 1. The summed E-state index contributed by atoms with van der Waals surface area (Å²) in [5.74, 6) is 1.66. The summed E-state index contributed by atoms with van der Waals surface area (Å²) in [4.78, 5) is 26.9. The van der Waals surface area contributed by atoms with Crippen molar-refractivity contribution in [3.05, 3.63) is 48.5 Å². The Hall–Kier alpha value is -3.02. The summed E-state index contributed by atoms with van der Waals surface area (Å²) in [6.45, 7) is 0.532. The number of hydrogen-bond acceptors (Lipinski definition) is 4. The predicted octanol–water partition coefficient (Wildman–Crippen LogP) is 4.22. The molecule has 1 N–H and O–H groups in total. The highest BCUT2D eigenvalue weighted by molar-refractivity contribution is 5.97. The number of ether oxygens (including phenoxy) is 2. The fraction of sp³-hybridized carbons (Fsp3) is 0.391. The number of nitrogens with zero attached hydrogens (tertiary/aromatic N) is 1. The summed E-state index contributed by atoms with van der Waals surface area (Å²) in [5, 5.41) is 2.93. The molecular formula is C23H26N2O4. The minimum atomic E-state index is -0.285. The van der Waals surface area contributed by atoms with E-state index in [-0.39, 0.29) is 17.7 Å². The molecule has 29 heavy (non-hydrogen) atoms. The number of likely N-dealkylation sites (tertiary alicyclic amines) is 1. The van der Waals surface area contributed by atoms with E-state index in [2.05, 4.69) is 5.32 Å². The molecule has 0 aromatic heterocycles. The second-order valence-corrected chi connectivity index (χ2v) is 7.65. The van der Waals surface area contributed by atoms with E-state index in [9.17, 15) is 9.59 Å². The summed E-state index contributed by atoms with van der Waals surface area (Å²) >= 11 is 0. The smallest absolute Gasteiger partial charge is 0.229 e. The van der Waals surface area contributed by atoms with Crippen molar-refractivity contribution in [1.82, 2.24) is 4.90 Å². The fourth-order valence-electron chi connectivity index (χ4n) is 4.16. The lowest BCUT2D eigenvalue weighted by atomic mass is 10.1. The van der Waals surface area contributed by atoms with Crippen LogP contribution >= 0.6 is 0 Å². The molecule has 2 amide bonds. The van der Waals surface area contributed by atoms with Crippen molar-refractivity contribution in [3.63, 3.8) is 0 Å². The minimum absolute atomic E-state index is 0.0998. The van der Waals surface area contributed by atoms with Gasteiger partial charge >= 0.3 is 0 Å². The van der Waals surface area contributed by atoms with Crippen LogP contribution in [0.15, 0.2) is 48.5 Å². The van der Waals surface area contributed by atoms with E-state index in [1.54, 1.807) is 31.4 Å². The van der Waals surface area contributed by atoms with Crippen LogP contribution in [0.3, 0.4) is 0 Å². The molecule has 2 aliphatic rings. The van der Waals surface area contributed by atoms with Crippen LogP contribution in [-0.2, 0) is 9.59 Å². The van der Waals surface area contributed by atoms with Gasteiger partial charge in [0.05, 0.1) is 13.0 Å². The number of anilines is 1. The molecule has 0 bridgehead atoms. The van der Waals surface area contributed by atoms with Gasteiger partial charge in [0.25, 0.3) is 0 Å². The Morgan fingerprint density at radius 2 is 1.72 bits per heavy atom. The number of hydrogen-bond donors (Lipinski definition) is 1. The van der Waals surface area contributed by atoms with Crippen molar-refractivity contribution in [2.75, 3.05) is 19.0 Å². The first-order valence-corrected chi connectivity index (χ1v) is 10.2. The first kappa shape index (κ1) is 19.3. The standard InChI is InChI=1S/C23H26N2O4/c1-28-20-8-4-5-9-21(20)29-19-12-10-17(11-13-19)24-23(27)16-14-22(26)25(15-16)18-6-2-3-7-18/h4-5,8-13,16,18H,2-3,6-7,14-15H2,1H3,(H,24,27)/t16-/m1/s1. The molecule has 152 valence electrons. The lowest BCUT2D eigenvalue weighted by molar-refractivity contribution is -0.129. The normalized spacial score (nSPS) is 19.4. The van der Waals surface area contributed by atoms with Crippen molar-refractivity contribution >= 4 is 17.5 Å². The van der Waals surface area contributed by atoms with Gasteiger partial charge in [-0.2, -0.15) is 0 Å². The van der Waals surface area contributed by atoms with Crippen molar-refractivity contribution in [2.24, 2.45) is 5.92 Å². The van der Waals surface area contributed by atoms with Crippen LogP contribution in [-0.4, -0.2) is 36.4 Å². The molecule has 6 heteroatoms. The topological polar surface area (TPSA) is 67.9 Å². The van der Waals surface area contributed by atoms with E-state index in [1.165, 1.54) is 12.8 Å². The Kier molecular flexibility index (Phi) is 5.69. The molecule has 1 atom stereocenters. The quantitative estimate of drug-likeness (QED) is 0.797. The van der Waals surface area contributed by atoms with Crippen LogP contribution in [0, 0.1) is 5.92 Å². The van der Waals surface area contributed by atoms with Gasteiger partial charge in [-0.3, -0.25) is 9.59 Å². The summed E-state index contributed by atoms with van der Waals surface area (Å²) < 4.78 is 11.1. The van der Waals surface area contributed by atoms with Gasteiger partial charge in [-0.05, 0) is 49.2 Å². The lowest BCUT2D eigenvalue weighted by Gasteiger charge is -2.23. The number of nitrogens with one attached hydrogen (secondary N) is 1. The zero-order valence-corrected chi connectivity index (χ0v) is 16.6. The summed E-state index contributed by atoms with van der Waals surface area (Å²) in [5.41, 5.74) is 0.689. The van der Waals surface area contributed by atoms with Crippen LogP contribution in [0.5, 0.6) is 17.2 Å². The van der Waals surface area contributed by atoms with E-state index in [0.29, 0.717) is 41.9 Å². The molecule has 1 saturated heterocycles. The highest BCUT2D eigenvalue weighted by atomic mass is 16.5. The number of benzene rings is 2. The van der Waals surface area contributed by atoms with Crippen molar-refractivity contribution in [2.45, 2.75) is 38.1 Å². The Labute approximate surface area is 170 Å². The average Bonchev–Trinajstić information content (AvgIpc) is 3.39. The van der Waals surface area contributed by atoms with Crippen LogP contribution in [0.2, 0.25) is 0 Å². The molecule has 6 nitrogen and oxygen atoms in total. The van der Waals surface area contributed by atoms with Gasteiger partial charge in [-0.1, -0.05) is 25.0 Å². The number of para-hydroxylation sites is 2. The highest BCUT2D eigenvalue weighted by Gasteiger charge is 2.38. The maximum atomic E-state index is 12.6. The van der Waals surface area contributed by atoms with Crippen molar-refractivity contribution < 1.29 is 19.1 Å². The van der Waals surface area contributed by atoms with Crippen LogP contribution in [0.4, 0.5) is 5.69 Å². The van der Waals surface area contributed by atoms with Crippen LogP contribution < -0.4 is 14.8 Å². The second kappa shape index (κ2) is 8.55. The molecule has 0 radical (unpaired) electrons. The third-order valence-corrected chi connectivity index (χ3v) is 5.71. The van der Waals surface area contributed by atoms with Gasteiger partial charge in [-0.15, -0.1) is 0 Å². The predicted molar refractivity (Wildman–Crippen MR) is 110 cm³/mol. The molecule has 1 aliphatic heterocycles. The first-order valence-electron chi connectivity index (χ1n) is 10.2. The Bertz CT molecular complexity index is 875. The van der Waals surface area contributed by atoms with Crippen LogP contribution in [0.25, 0.3) is 0 Å². The zero-order valence-electron chi connectivity index (χ0n) is 16.6. The van der Waals surface area contributed by atoms with E-state index in [0.717, 1.165) is 12.8 Å². The third-order valence-electron chi connectivity index (χ3n) is 5.71. The second-order valence-electron chi connectivity index (χ2n) is 7.65. The largest absolute Gasteiger partial charge is 0.493 e. The SMILES string of the molecule is COc1ccccc1Oc1ccc(NC(=O)[C@@H]2CC(=O)N(C3CCCC3)C2)cc1. The van der Waals surface area contributed by atoms with Crippen molar-refractivity contribution in [3.8, 4) is 17.2 Å². The average molecular weight is 394 g/mol. The van der Waals surface area contributed by atoms with Gasteiger partial charge in [0.2, 0.25) is 11.8 Å². The molecule has 1 saturated carbocycles. The molecular weight excluding hydrogens is 368 g/mol. The summed E-state index contributed by atoms with van der Waals surface area (Å²) in [6.07, 6.45) is 4.78. The fourth-order valence-corrected chi connectivity index (χ4v) is 4.16. The third kappa shape index (κ3) is 4.36. The van der Waals surface area contributed by atoms with Gasteiger partial charge in [-0.25, -0.2) is 0 Å². The van der Waals surface area contributed by atoms with Gasteiger partial charge < -0.3 is 19.7 Å². The number of carbonyl (C=O) groups excluding carboxylic acids is 2. The van der Waals surface area contributed by atoms with Gasteiger partial charge in [0, 0.05) is 24.7 Å². The molecule has 4 rings (SSSR count). The maximum Gasteiger partial charge on any atom is 0.229 e. The lowest BCUT2D eigenvalue weighted by Crippen LogP contribution is -2.35. The summed E-state index contributed by atoms with van der Waals surface area (Å²) in [7, 11) is 1.60. The molecule has 1 aliphatic carbocycles. The maximum absolute atomic E-state index is 12.6. The molecule has 1 heterocycles. The van der Waals surface area contributed by atoms with Gasteiger partial charge in [0.15, 0.2) is 11.5 Å². The van der Waals surface area contributed by atoms with Gasteiger partial charge in [0.1, 0.15) is 5.75 Å².